The van der Waals surface area contributed by atoms with Crippen LogP contribution in [0.5, 0.6) is 0 Å². The van der Waals surface area contributed by atoms with Crippen molar-refractivity contribution in [3.8, 4) is 0 Å². The molecular weight excluding hydrogens is 178 g/mol. The first-order valence-electron chi connectivity index (χ1n) is 3.42. The van der Waals surface area contributed by atoms with E-state index in [0.717, 1.165) is 5.56 Å². The quantitative estimate of drug-likeness (QED) is 0.615. The first-order valence-corrected chi connectivity index (χ1v) is 3.75. The van der Waals surface area contributed by atoms with Crippen molar-refractivity contribution in [1.82, 2.24) is 0 Å². The number of hydrogen-bond acceptors (Lipinski definition) is 2. The molecule has 64 valence electrons. The van der Waals surface area contributed by atoms with Gasteiger partial charge in [-0.15, -0.1) is 0 Å². The van der Waals surface area contributed by atoms with Crippen LogP contribution in [0.1, 0.15) is 16.1 Å². The maximum atomic E-state index is 11.0. The molecule has 0 saturated heterocycles. The van der Waals surface area contributed by atoms with Gasteiger partial charge in [-0.05, 0) is 13.0 Å². The number of methoxy groups -OCH3 is 1. The predicted octanol–water partition coefficient (Wildman–Crippen LogP) is 1.07. The smallest absolute Gasteiger partial charge is 0.405 e. The molecule has 4 heteroatoms. The van der Waals surface area contributed by atoms with E-state index >= 15 is 0 Å². The summed E-state index contributed by atoms with van der Waals surface area (Å²) in [6.07, 6.45) is 1.65. The lowest BCUT2D eigenvalue weighted by molar-refractivity contribution is -0.523. The van der Waals surface area contributed by atoms with Crippen LogP contribution in [0.15, 0.2) is 18.3 Å². The predicted molar refractivity (Wildman–Crippen MR) is 44.0 cm³/mol. The van der Waals surface area contributed by atoms with E-state index in [2.05, 4.69) is 4.74 Å². The lowest BCUT2D eigenvalue weighted by atomic mass is 10.3. The van der Waals surface area contributed by atoms with Crippen molar-refractivity contribution < 1.29 is 13.6 Å². The Hall–Kier alpha value is -1.09. The lowest BCUT2D eigenvalue weighted by Crippen LogP contribution is -2.30. The minimum absolute atomic E-state index is 0.324. The Balaban J connectivity index is 3.09. The van der Waals surface area contributed by atoms with Crippen LogP contribution in [0.2, 0.25) is 0 Å². The summed E-state index contributed by atoms with van der Waals surface area (Å²) in [5.41, 5.74) is 1.31. The number of esters is 1. The molecular formula is C8H9ClNO2+. The van der Waals surface area contributed by atoms with Gasteiger partial charge in [0.25, 0.3) is 11.8 Å². The summed E-state index contributed by atoms with van der Waals surface area (Å²) in [7, 11) is 1.32. The van der Waals surface area contributed by atoms with E-state index in [0.29, 0.717) is 5.69 Å². The summed E-state index contributed by atoms with van der Waals surface area (Å²) in [6.45, 7) is 1.89. The minimum Gasteiger partial charge on any atom is -0.461 e. The van der Waals surface area contributed by atoms with E-state index in [-0.39, 0.29) is 0 Å². The Kier molecular flexibility index (Phi) is 2.65. The number of nitrogens with zero attached hydrogens (tertiary/aromatic N) is 1. The molecule has 1 aromatic heterocycles. The summed E-state index contributed by atoms with van der Waals surface area (Å²) in [5, 5.41) is 0. The first-order chi connectivity index (χ1) is 5.65. The summed E-state index contributed by atoms with van der Waals surface area (Å²) in [4.78, 5) is 11.0. The number of halogens is 1. The number of hydrogen-bond donors (Lipinski definition) is 0. The number of ether oxygens (including phenoxy) is 1. The van der Waals surface area contributed by atoms with Crippen LogP contribution >= 0.6 is 11.8 Å². The van der Waals surface area contributed by atoms with Gasteiger partial charge >= 0.3 is 11.7 Å². The third-order valence-electron chi connectivity index (χ3n) is 1.45. The second kappa shape index (κ2) is 3.54. The Bertz CT molecular complexity index is 312. The molecule has 3 nitrogen and oxygen atoms in total. The van der Waals surface area contributed by atoms with Crippen LogP contribution in [0.4, 0.5) is 0 Å². The van der Waals surface area contributed by atoms with Crippen LogP contribution in [0, 0.1) is 6.92 Å². The Morgan fingerprint density at radius 2 is 2.25 bits per heavy atom. The molecule has 1 heterocycles. The van der Waals surface area contributed by atoms with E-state index in [4.69, 9.17) is 11.8 Å². The van der Waals surface area contributed by atoms with Gasteiger partial charge in [0.05, 0.1) is 7.11 Å². The van der Waals surface area contributed by atoms with Gasteiger partial charge in [-0.3, -0.25) is 0 Å². The van der Waals surface area contributed by atoms with Crippen LogP contribution in [0.25, 0.3) is 0 Å². The number of carbonyl (C=O) groups excluding carboxylic acids is 1. The molecule has 0 radical (unpaired) electrons. The number of aryl methyl sites for hydroxylation is 1. The lowest BCUT2D eigenvalue weighted by Gasteiger charge is -1.94. The molecule has 0 N–H and O–H groups in total. The normalized spacial score (nSPS) is 9.58. The van der Waals surface area contributed by atoms with Gasteiger partial charge in [0.2, 0.25) is 0 Å². The topological polar surface area (TPSA) is 30.2 Å². The van der Waals surface area contributed by atoms with Gasteiger partial charge in [0.1, 0.15) is 0 Å². The molecule has 1 rings (SSSR count). The van der Waals surface area contributed by atoms with E-state index in [1.807, 2.05) is 6.92 Å². The van der Waals surface area contributed by atoms with E-state index in [9.17, 15) is 4.79 Å². The van der Waals surface area contributed by atoms with Gasteiger partial charge in [0, 0.05) is 11.6 Å². The van der Waals surface area contributed by atoms with Crippen molar-refractivity contribution in [2.45, 2.75) is 6.92 Å². The second-order valence-corrected chi connectivity index (χ2v) is 2.76. The molecule has 0 aliphatic carbocycles. The zero-order valence-corrected chi connectivity index (χ0v) is 7.63. The molecule has 0 aliphatic heterocycles. The molecule has 0 fully saturated rings. The van der Waals surface area contributed by atoms with E-state index < -0.39 is 5.97 Å². The third-order valence-corrected chi connectivity index (χ3v) is 1.73. The average molecular weight is 187 g/mol. The van der Waals surface area contributed by atoms with Gasteiger partial charge in [0.15, 0.2) is 6.20 Å². The Labute approximate surface area is 75.6 Å². The molecule has 0 saturated carbocycles. The molecule has 12 heavy (non-hydrogen) atoms. The summed E-state index contributed by atoms with van der Waals surface area (Å²) >= 11 is 5.72. The Morgan fingerprint density at radius 1 is 1.58 bits per heavy atom. The van der Waals surface area contributed by atoms with Crippen molar-refractivity contribution in [2.24, 2.45) is 0 Å². The molecule has 0 unspecified atom stereocenters. The molecule has 1 aromatic rings. The van der Waals surface area contributed by atoms with Crippen molar-refractivity contribution in [3.63, 3.8) is 0 Å². The van der Waals surface area contributed by atoms with Gasteiger partial charge < -0.3 is 4.74 Å². The van der Waals surface area contributed by atoms with Crippen LogP contribution in [-0.2, 0) is 4.74 Å². The number of pyridine rings is 1. The highest BCUT2D eigenvalue weighted by atomic mass is 35.5. The third kappa shape index (κ3) is 1.74. The molecule has 0 bridgehead atoms. The van der Waals surface area contributed by atoms with Crippen LogP contribution in [0.3, 0.4) is 0 Å². The largest absolute Gasteiger partial charge is 0.461 e. The highest BCUT2D eigenvalue weighted by molar-refractivity contribution is 6.05. The number of rotatable bonds is 1. The van der Waals surface area contributed by atoms with Crippen molar-refractivity contribution >= 4 is 17.7 Å². The summed E-state index contributed by atoms with van der Waals surface area (Å²) < 4.78 is 5.74. The van der Waals surface area contributed by atoms with Crippen LogP contribution in [-0.4, -0.2) is 13.1 Å². The molecule has 0 amide bonds. The minimum atomic E-state index is -0.440. The van der Waals surface area contributed by atoms with Gasteiger partial charge in [-0.2, -0.15) is 0 Å². The fraction of sp³-hybridized carbons (Fsp3) is 0.250. The molecule has 0 atom stereocenters. The molecule has 0 spiro atoms. The standard InChI is InChI=1S/C8H9ClNO2/c1-6-3-4-7(8(11)12-2)10(9)5-6/h3-5H,1-2H3/q+1. The van der Waals surface area contributed by atoms with Gasteiger partial charge in [-0.1, -0.05) is 4.09 Å². The van der Waals surface area contributed by atoms with Crippen LogP contribution < -0.4 is 4.09 Å². The van der Waals surface area contributed by atoms with Crippen molar-refractivity contribution in [1.29, 1.82) is 0 Å². The second-order valence-electron chi connectivity index (χ2n) is 2.39. The SMILES string of the molecule is COC(=O)c1ccc(C)c[n+]1Cl. The zero-order chi connectivity index (χ0) is 9.14. The summed E-state index contributed by atoms with van der Waals surface area (Å²) in [5.74, 6) is -0.440. The maximum Gasteiger partial charge on any atom is 0.405 e. The Morgan fingerprint density at radius 3 is 2.75 bits per heavy atom. The number of carbonyl (C=O) groups is 1. The number of aromatic nitrogens is 1. The highest BCUT2D eigenvalue weighted by Gasteiger charge is 2.18. The van der Waals surface area contributed by atoms with E-state index in [1.54, 1.807) is 18.3 Å². The van der Waals surface area contributed by atoms with Gasteiger partial charge in [-0.25, -0.2) is 4.79 Å². The first kappa shape index (κ1) is 9.00. The highest BCUT2D eigenvalue weighted by Crippen LogP contribution is 1.99. The zero-order valence-electron chi connectivity index (χ0n) is 6.87. The van der Waals surface area contributed by atoms with E-state index in [1.165, 1.54) is 11.2 Å². The molecule has 0 aliphatic rings. The fourth-order valence-electron chi connectivity index (χ4n) is 0.833. The molecule has 0 aromatic carbocycles. The van der Waals surface area contributed by atoms with Crippen molar-refractivity contribution in [2.75, 3.05) is 7.11 Å². The monoisotopic (exact) mass is 186 g/mol. The average Bonchev–Trinajstić information content (AvgIpc) is 2.03. The van der Waals surface area contributed by atoms with Crippen molar-refractivity contribution in [3.05, 3.63) is 29.6 Å². The maximum absolute atomic E-state index is 11.0. The summed E-state index contributed by atoms with van der Waals surface area (Å²) in [6, 6.07) is 3.42. The fourth-order valence-corrected chi connectivity index (χ4v) is 1.11.